The number of amides is 1. The summed E-state index contributed by atoms with van der Waals surface area (Å²) in [5.74, 6) is 1.58. The maximum Gasteiger partial charge on any atom is 0.228 e. The van der Waals surface area contributed by atoms with E-state index in [4.69, 9.17) is 9.47 Å². The van der Waals surface area contributed by atoms with E-state index in [0.29, 0.717) is 19.1 Å². The molecular formula is C18H26BrNO3. The first kappa shape index (κ1) is 15.2. The van der Waals surface area contributed by atoms with E-state index >= 15 is 0 Å². The fourth-order valence-electron chi connectivity index (χ4n) is 6.57. The molecule has 0 N–H and O–H groups in total. The minimum absolute atomic E-state index is 0.0739. The average molecular weight is 384 g/mol. The van der Waals surface area contributed by atoms with Crippen molar-refractivity contribution in [3.8, 4) is 0 Å². The van der Waals surface area contributed by atoms with Gasteiger partial charge >= 0.3 is 0 Å². The van der Waals surface area contributed by atoms with Crippen LogP contribution >= 0.6 is 15.9 Å². The molecule has 128 valence electrons. The number of hydrogen-bond donors (Lipinski definition) is 0. The topological polar surface area (TPSA) is 38.8 Å². The van der Waals surface area contributed by atoms with Crippen LogP contribution in [-0.4, -0.2) is 47.2 Å². The molecule has 0 aromatic carbocycles. The van der Waals surface area contributed by atoms with Crippen molar-refractivity contribution in [1.29, 1.82) is 0 Å². The molecule has 2 saturated heterocycles. The maximum absolute atomic E-state index is 13.4. The molecule has 6 rings (SSSR count). The number of likely N-dealkylation sites (tertiary alicyclic amines) is 1. The SMILES string of the molecule is O=C(N1CCC2(CC1)OCCO2)C12CC3CC(CC(Br)(C3)C1)C2. The summed E-state index contributed by atoms with van der Waals surface area (Å²) in [6, 6.07) is 0. The molecule has 2 atom stereocenters. The Kier molecular flexibility index (Phi) is 3.26. The summed E-state index contributed by atoms with van der Waals surface area (Å²) < 4.78 is 11.9. The molecule has 6 fully saturated rings. The first-order chi connectivity index (χ1) is 11.0. The van der Waals surface area contributed by atoms with E-state index in [1.807, 2.05) is 0 Å². The fourth-order valence-corrected chi connectivity index (χ4v) is 8.02. The second-order valence-electron chi connectivity index (χ2n) is 8.79. The van der Waals surface area contributed by atoms with Crippen molar-refractivity contribution >= 4 is 21.8 Å². The summed E-state index contributed by atoms with van der Waals surface area (Å²) in [6.45, 7) is 3.00. The molecule has 2 heterocycles. The lowest BCUT2D eigenvalue weighted by Crippen LogP contribution is -2.60. The second-order valence-corrected chi connectivity index (χ2v) is 10.5. The number of nitrogens with zero attached hydrogens (tertiary/aromatic N) is 1. The van der Waals surface area contributed by atoms with Crippen LogP contribution in [0.1, 0.15) is 51.4 Å². The van der Waals surface area contributed by atoms with Crippen LogP contribution in [0.25, 0.3) is 0 Å². The Labute approximate surface area is 146 Å². The van der Waals surface area contributed by atoms with Gasteiger partial charge in [0.15, 0.2) is 5.79 Å². The van der Waals surface area contributed by atoms with Gasteiger partial charge in [0.1, 0.15) is 0 Å². The summed E-state index contributed by atoms with van der Waals surface area (Å²) in [7, 11) is 0. The van der Waals surface area contributed by atoms with Gasteiger partial charge in [0.05, 0.1) is 18.6 Å². The third-order valence-electron chi connectivity index (χ3n) is 7.07. The Morgan fingerprint density at radius 2 is 1.61 bits per heavy atom. The van der Waals surface area contributed by atoms with E-state index in [1.165, 1.54) is 19.3 Å². The van der Waals surface area contributed by atoms with Gasteiger partial charge in [-0.05, 0) is 50.4 Å². The third-order valence-corrected chi connectivity index (χ3v) is 8.00. The summed E-state index contributed by atoms with van der Waals surface area (Å²) in [5.41, 5.74) is -0.0739. The summed E-state index contributed by atoms with van der Waals surface area (Å²) in [5, 5.41) is 0. The number of ether oxygens (including phenoxy) is 2. The number of rotatable bonds is 1. The minimum Gasteiger partial charge on any atom is -0.347 e. The number of alkyl halides is 1. The molecule has 2 aliphatic heterocycles. The lowest BCUT2D eigenvalue weighted by Gasteiger charge is -2.60. The molecule has 2 unspecified atom stereocenters. The Morgan fingerprint density at radius 3 is 2.17 bits per heavy atom. The van der Waals surface area contributed by atoms with E-state index in [0.717, 1.165) is 57.0 Å². The third kappa shape index (κ3) is 2.33. The van der Waals surface area contributed by atoms with E-state index in [9.17, 15) is 4.79 Å². The van der Waals surface area contributed by atoms with Crippen LogP contribution in [0, 0.1) is 17.3 Å². The van der Waals surface area contributed by atoms with Crippen LogP contribution in [0.4, 0.5) is 0 Å². The van der Waals surface area contributed by atoms with Crippen molar-refractivity contribution in [2.75, 3.05) is 26.3 Å². The van der Waals surface area contributed by atoms with Gasteiger partial charge in [0, 0.05) is 30.3 Å². The Hall–Kier alpha value is -0.130. The van der Waals surface area contributed by atoms with E-state index in [-0.39, 0.29) is 15.5 Å². The second kappa shape index (κ2) is 4.95. The smallest absolute Gasteiger partial charge is 0.228 e. The van der Waals surface area contributed by atoms with Crippen LogP contribution in [0.3, 0.4) is 0 Å². The Balaban J connectivity index is 1.33. The van der Waals surface area contributed by atoms with Crippen molar-refractivity contribution < 1.29 is 14.3 Å². The van der Waals surface area contributed by atoms with Crippen LogP contribution in [-0.2, 0) is 14.3 Å². The zero-order valence-electron chi connectivity index (χ0n) is 13.7. The molecule has 4 nitrogen and oxygen atoms in total. The van der Waals surface area contributed by atoms with E-state index in [1.54, 1.807) is 0 Å². The highest BCUT2D eigenvalue weighted by atomic mass is 79.9. The Morgan fingerprint density at radius 1 is 1.00 bits per heavy atom. The van der Waals surface area contributed by atoms with Crippen molar-refractivity contribution in [2.45, 2.75) is 61.5 Å². The van der Waals surface area contributed by atoms with Crippen LogP contribution in [0.15, 0.2) is 0 Å². The number of carbonyl (C=O) groups is 1. The quantitative estimate of drug-likeness (QED) is 0.653. The normalized spacial score (nSPS) is 47.4. The molecular weight excluding hydrogens is 358 g/mol. The zero-order valence-corrected chi connectivity index (χ0v) is 15.3. The van der Waals surface area contributed by atoms with Gasteiger partial charge in [-0.15, -0.1) is 0 Å². The Bertz CT molecular complexity index is 506. The van der Waals surface area contributed by atoms with Crippen molar-refractivity contribution in [1.82, 2.24) is 4.90 Å². The van der Waals surface area contributed by atoms with Gasteiger partial charge in [0.2, 0.25) is 5.91 Å². The largest absolute Gasteiger partial charge is 0.347 e. The van der Waals surface area contributed by atoms with Gasteiger partial charge in [-0.2, -0.15) is 0 Å². The highest BCUT2D eigenvalue weighted by molar-refractivity contribution is 9.10. The summed E-state index contributed by atoms with van der Waals surface area (Å²) >= 11 is 4.02. The zero-order chi connectivity index (χ0) is 15.7. The molecule has 4 aliphatic carbocycles. The van der Waals surface area contributed by atoms with Crippen molar-refractivity contribution in [2.24, 2.45) is 17.3 Å². The molecule has 1 spiro atoms. The molecule has 4 bridgehead atoms. The average Bonchev–Trinajstić information content (AvgIpc) is 2.93. The number of halogens is 1. The van der Waals surface area contributed by atoms with Gasteiger partial charge in [-0.25, -0.2) is 0 Å². The predicted octanol–water partition coefficient (Wildman–Crippen LogP) is 3.09. The number of piperidine rings is 1. The van der Waals surface area contributed by atoms with Crippen molar-refractivity contribution in [3.63, 3.8) is 0 Å². The highest BCUT2D eigenvalue weighted by Gasteiger charge is 2.60. The van der Waals surface area contributed by atoms with Crippen LogP contribution < -0.4 is 0 Å². The van der Waals surface area contributed by atoms with E-state index < -0.39 is 0 Å². The molecule has 6 aliphatic rings. The van der Waals surface area contributed by atoms with Gasteiger partial charge in [0.25, 0.3) is 0 Å². The lowest BCUT2D eigenvalue weighted by molar-refractivity contribution is -0.193. The first-order valence-corrected chi connectivity index (χ1v) is 10.1. The highest BCUT2D eigenvalue weighted by Crippen LogP contribution is 2.65. The van der Waals surface area contributed by atoms with Gasteiger partial charge in [-0.3, -0.25) is 4.79 Å². The molecule has 4 saturated carbocycles. The molecule has 23 heavy (non-hydrogen) atoms. The molecule has 0 radical (unpaired) electrons. The van der Waals surface area contributed by atoms with Crippen LogP contribution in [0.2, 0.25) is 0 Å². The minimum atomic E-state index is -0.380. The monoisotopic (exact) mass is 383 g/mol. The lowest BCUT2D eigenvalue weighted by atomic mass is 9.49. The van der Waals surface area contributed by atoms with Gasteiger partial charge in [-0.1, -0.05) is 15.9 Å². The van der Waals surface area contributed by atoms with Crippen LogP contribution in [0.5, 0.6) is 0 Å². The molecule has 1 amide bonds. The summed E-state index contributed by atoms with van der Waals surface area (Å²) in [4.78, 5) is 15.5. The molecule has 0 aromatic rings. The van der Waals surface area contributed by atoms with Crippen molar-refractivity contribution in [3.05, 3.63) is 0 Å². The maximum atomic E-state index is 13.4. The summed E-state index contributed by atoms with van der Waals surface area (Å²) in [6.07, 6.45) is 8.90. The number of hydrogen-bond acceptors (Lipinski definition) is 3. The predicted molar refractivity (Wildman–Crippen MR) is 89.2 cm³/mol. The molecule has 5 heteroatoms. The van der Waals surface area contributed by atoms with E-state index in [2.05, 4.69) is 20.8 Å². The van der Waals surface area contributed by atoms with Gasteiger partial charge < -0.3 is 14.4 Å². The first-order valence-electron chi connectivity index (χ1n) is 9.26. The number of carbonyl (C=O) groups excluding carboxylic acids is 1. The molecule has 0 aromatic heterocycles. The standard InChI is InChI=1S/C18H26BrNO3/c19-17-10-13-7-14(11-17)9-16(8-13,12-17)15(21)20-3-1-18(2-4-20)22-5-6-23-18/h13-14H,1-12H2. The fraction of sp³-hybridized carbons (Fsp3) is 0.944.